The molecule has 0 spiro atoms. The standard InChI is InChI=1S/C18H20N4O/c1-13-3-5-14(6-4-13)16-9-15(23-20-16)10-22-8-7-18-17(11-22)19-12-21(18)2/h3-6,9,12H,7-8,10-11H2,1-2H3. The van der Waals surface area contributed by atoms with E-state index in [0.29, 0.717) is 0 Å². The molecule has 0 fully saturated rings. The van der Waals surface area contributed by atoms with Crippen molar-refractivity contribution < 1.29 is 4.52 Å². The molecule has 1 aliphatic heterocycles. The zero-order valence-corrected chi connectivity index (χ0v) is 13.5. The fourth-order valence-electron chi connectivity index (χ4n) is 3.11. The maximum absolute atomic E-state index is 5.53. The Morgan fingerprint density at radius 3 is 2.87 bits per heavy atom. The van der Waals surface area contributed by atoms with E-state index in [9.17, 15) is 0 Å². The number of aromatic nitrogens is 3. The van der Waals surface area contributed by atoms with Crippen molar-refractivity contribution >= 4 is 0 Å². The molecule has 0 amide bonds. The summed E-state index contributed by atoms with van der Waals surface area (Å²) in [5.74, 6) is 0.903. The van der Waals surface area contributed by atoms with Crippen molar-refractivity contribution in [2.24, 2.45) is 7.05 Å². The van der Waals surface area contributed by atoms with E-state index in [4.69, 9.17) is 4.52 Å². The summed E-state index contributed by atoms with van der Waals surface area (Å²) in [7, 11) is 2.06. The Morgan fingerprint density at radius 2 is 2.04 bits per heavy atom. The Hall–Kier alpha value is -2.40. The van der Waals surface area contributed by atoms with Crippen LogP contribution in [0.5, 0.6) is 0 Å². The minimum Gasteiger partial charge on any atom is -0.359 e. The van der Waals surface area contributed by atoms with Crippen LogP contribution in [0.2, 0.25) is 0 Å². The highest BCUT2D eigenvalue weighted by atomic mass is 16.5. The maximum Gasteiger partial charge on any atom is 0.151 e. The zero-order chi connectivity index (χ0) is 15.8. The molecule has 118 valence electrons. The molecule has 0 bridgehead atoms. The molecule has 4 rings (SSSR count). The summed E-state index contributed by atoms with van der Waals surface area (Å²) < 4.78 is 7.65. The van der Waals surface area contributed by atoms with Crippen LogP contribution >= 0.6 is 0 Å². The fourth-order valence-corrected chi connectivity index (χ4v) is 3.11. The molecule has 1 aromatic carbocycles. The first-order valence-electron chi connectivity index (χ1n) is 7.93. The van der Waals surface area contributed by atoms with E-state index >= 15 is 0 Å². The van der Waals surface area contributed by atoms with Gasteiger partial charge in [-0.1, -0.05) is 35.0 Å². The van der Waals surface area contributed by atoms with Crippen LogP contribution in [0.15, 0.2) is 41.2 Å². The van der Waals surface area contributed by atoms with Crippen molar-refractivity contribution in [2.45, 2.75) is 26.4 Å². The van der Waals surface area contributed by atoms with Crippen molar-refractivity contribution in [3.63, 3.8) is 0 Å². The van der Waals surface area contributed by atoms with Crippen molar-refractivity contribution in [3.05, 3.63) is 59.4 Å². The Balaban J connectivity index is 1.47. The van der Waals surface area contributed by atoms with E-state index < -0.39 is 0 Å². The van der Waals surface area contributed by atoms with Gasteiger partial charge in [0.2, 0.25) is 0 Å². The third kappa shape index (κ3) is 2.80. The topological polar surface area (TPSA) is 47.1 Å². The minimum atomic E-state index is 0.773. The summed E-state index contributed by atoms with van der Waals surface area (Å²) in [6.07, 6.45) is 2.93. The monoisotopic (exact) mass is 308 g/mol. The van der Waals surface area contributed by atoms with E-state index in [2.05, 4.69) is 57.8 Å². The quantitative estimate of drug-likeness (QED) is 0.746. The highest BCUT2D eigenvalue weighted by molar-refractivity contribution is 5.59. The molecular formula is C18H20N4O. The summed E-state index contributed by atoms with van der Waals surface area (Å²) >= 11 is 0. The lowest BCUT2D eigenvalue weighted by Gasteiger charge is -2.25. The van der Waals surface area contributed by atoms with Crippen LogP contribution in [0.1, 0.15) is 22.7 Å². The highest BCUT2D eigenvalue weighted by Crippen LogP contribution is 2.22. The summed E-state index contributed by atoms with van der Waals surface area (Å²) in [5.41, 5.74) is 5.76. The summed E-state index contributed by atoms with van der Waals surface area (Å²) in [5, 5.41) is 4.21. The smallest absolute Gasteiger partial charge is 0.151 e. The van der Waals surface area contributed by atoms with Gasteiger partial charge in [0.1, 0.15) is 5.69 Å². The lowest BCUT2D eigenvalue weighted by Crippen LogP contribution is -2.30. The number of benzene rings is 1. The van der Waals surface area contributed by atoms with E-state index in [-0.39, 0.29) is 0 Å². The van der Waals surface area contributed by atoms with Gasteiger partial charge in [-0.15, -0.1) is 0 Å². The van der Waals surface area contributed by atoms with Crippen LogP contribution in [0.4, 0.5) is 0 Å². The third-order valence-corrected chi connectivity index (χ3v) is 4.47. The Bertz CT molecular complexity index is 816. The molecule has 2 aromatic heterocycles. The van der Waals surface area contributed by atoms with E-state index in [1.807, 2.05) is 12.4 Å². The van der Waals surface area contributed by atoms with E-state index in [1.54, 1.807) is 0 Å². The second-order valence-electron chi connectivity index (χ2n) is 6.25. The molecule has 3 aromatic rings. The first-order valence-corrected chi connectivity index (χ1v) is 7.93. The number of imidazole rings is 1. The molecule has 0 aliphatic carbocycles. The van der Waals surface area contributed by atoms with E-state index in [1.165, 1.54) is 17.0 Å². The van der Waals surface area contributed by atoms with Crippen LogP contribution in [-0.4, -0.2) is 26.2 Å². The second-order valence-corrected chi connectivity index (χ2v) is 6.25. The summed E-state index contributed by atoms with van der Waals surface area (Å²) in [6.45, 7) is 4.75. The average Bonchev–Trinajstić information content (AvgIpc) is 3.16. The van der Waals surface area contributed by atoms with Gasteiger partial charge >= 0.3 is 0 Å². The van der Waals surface area contributed by atoms with Gasteiger partial charge in [-0.05, 0) is 6.92 Å². The molecule has 0 N–H and O–H groups in total. The summed E-state index contributed by atoms with van der Waals surface area (Å²) in [6, 6.07) is 10.4. The molecule has 0 atom stereocenters. The molecule has 5 heteroatoms. The van der Waals surface area contributed by atoms with Gasteiger partial charge in [-0.25, -0.2) is 4.98 Å². The largest absolute Gasteiger partial charge is 0.359 e. The molecule has 0 saturated carbocycles. The molecule has 1 aliphatic rings. The molecular weight excluding hydrogens is 288 g/mol. The Labute approximate surface area is 135 Å². The van der Waals surface area contributed by atoms with Crippen LogP contribution in [0.3, 0.4) is 0 Å². The number of nitrogens with zero attached hydrogens (tertiary/aromatic N) is 4. The Kier molecular flexibility index (Phi) is 3.50. The second kappa shape index (κ2) is 5.66. The van der Waals surface area contributed by atoms with Crippen LogP contribution < -0.4 is 0 Å². The SMILES string of the molecule is Cc1ccc(-c2cc(CN3CCc4c(ncn4C)C3)on2)cc1. The molecule has 0 radical (unpaired) electrons. The van der Waals surface area contributed by atoms with Gasteiger partial charge in [0.25, 0.3) is 0 Å². The molecule has 23 heavy (non-hydrogen) atoms. The van der Waals surface area contributed by atoms with Gasteiger partial charge in [0.15, 0.2) is 5.76 Å². The molecule has 5 nitrogen and oxygen atoms in total. The van der Waals surface area contributed by atoms with Crippen molar-refractivity contribution in [3.8, 4) is 11.3 Å². The normalized spacial score (nSPS) is 14.9. The minimum absolute atomic E-state index is 0.773. The number of fused-ring (bicyclic) bond motifs is 1. The van der Waals surface area contributed by atoms with Crippen LogP contribution in [-0.2, 0) is 26.6 Å². The summed E-state index contributed by atoms with van der Waals surface area (Å²) in [4.78, 5) is 6.84. The van der Waals surface area contributed by atoms with Gasteiger partial charge in [0.05, 0.1) is 18.6 Å². The number of hydrogen-bond donors (Lipinski definition) is 0. The Morgan fingerprint density at radius 1 is 1.22 bits per heavy atom. The number of rotatable bonds is 3. The molecule has 3 heterocycles. The first-order chi connectivity index (χ1) is 11.2. The van der Waals surface area contributed by atoms with E-state index in [0.717, 1.165) is 43.1 Å². The average molecular weight is 308 g/mol. The predicted molar refractivity (Wildman–Crippen MR) is 87.7 cm³/mol. The van der Waals surface area contributed by atoms with Crippen molar-refractivity contribution in [1.29, 1.82) is 0 Å². The lowest BCUT2D eigenvalue weighted by molar-refractivity contribution is 0.211. The predicted octanol–water partition coefficient (Wildman–Crippen LogP) is 2.94. The third-order valence-electron chi connectivity index (χ3n) is 4.47. The zero-order valence-electron chi connectivity index (χ0n) is 13.5. The first kappa shape index (κ1) is 14.2. The van der Waals surface area contributed by atoms with Crippen molar-refractivity contribution in [1.82, 2.24) is 19.6 Å². The van der Waals surface area contributed by atoms with Gasteiger partial charge in [-0.2, -0.15) is 0 Å². The van der Waals surface area contributed by atoms with Crippen molar-refractivity contribution in [2.75, 3.05) is 6.54 Å². The number of aryl methyl sites for hydroxylation is 2. The van der Waals surface area contributed by atoms with Crippen LogP contribution in [0.25, 0.3) is 11.3 Å². The van der Waals surface area contributed by atoms with Gasteiger partial charge in [0, 0.05) is 43.9 Å². The van der Waals surface area contributed by atoms with Gasteiger partial charge < -0.3 is 9.09 Å². The molecule has 0 saturated heterocycles. The number of hydrogen-bond acceptors (Lipinski definition) is 4. The van der Waals surface area contributed by atoms with Crippen LogP contribution in [0, 0.1) is 6.92 Å². The lowest BCUT2D eigenvalue weighted by atomic mass is 10.1. The van der Waals surface area contributed by atoms with Gasteiger partial charge in [-0.3, -0.25) is 4.90 Å². The maximum atomic E-state index is 5.53. The molecule has 0 unspecified atom stereocenters. The fraction of sp³-hybridized carbons (Fsp3) is 0.333. The highest BCUT2D eigenvalue weighted by Gasteiger charge is 2.21.